The molecule has 18 heavy (non-hydrogen) atoms. The number of nitrogens with zero attached hydrogens (tertiary/aromatic N) is 1. The van der Waals surface area contributed by atoms with E-state index >= 15 is 0 Å². The molecular formula is C13H13Cl2NO2. The van der Waals surface area contributed by atoms with E-state index in [0.29, 0.717) is 28.9 Å². The van der Waals surface area contributed by atoms with Gasteiger partial charge < -0.3 is 9.30 Å². The quantitative estimate of drug-likeness (QED) is 0.800. The van der Waals surface area contributed by atoms with Crippen LogP contribution in [0.2, 0.25) is 10.2 Å². The summed E-state index contributed by atoms with van der Waals surface area (Å²) < 4.78 is 6.87. The van der Waals surface area contributed by atoms with E-state index in [0.717, 1.165) is 10.9 Å². The predicted molar refractivity (Wildman–Crippen MR) is 73.8 cm³/mol. The summed E-state index contributed by atoms with van der Waals surface area (Å²) in [6.45, 7) is 2.57. The molecule has 0 N–H and O–H groups in total. The van der Waals surface area contributed by atoms with Gasteiger partial charge in [0.2, 0.25) is 0 Å². The van der Waals surface area contributed by atoms with Crippen molar-refractivity contribution in [2.75, 3.05) is 13.7 Å². The maximum Gasteiger partial charge on any atom is 0.163 e. The second-order valence-corrected chi connectivity index (χ2v) is 4.77. The number of ketones is 1. The minimum absolute atomic E-state index is 0.0663. The van der Waals surface area contributed by atoms with Crippen LogP contribution in [0, 0.1) is 0 Å². The van der Waals surface area contributed by atoms with Crippen molar-refractivity contribution in [1.29, 1.82) is 0 Å². The smallest absolute Gasteiger partial charge is 0.163 e. The molecule has 2 aromatic rings. The molecule has 0 radical (unpaired) electrons. The van der Waals surface area contributed by atoms with Crippen molar-refractivity contribution in [2.24, 2.45) is 0 Å². The summed E-state index contributed by atoms with van der Waals surface area (Å²) in [7, 11) is 1.62. The number of carbonyl (C=O) groups is 1. The van der Waals surface area contributed by atoms with Gasteiger partial charge in [-0.05, 0) is 13.0 Å². The van der Waals surface area contributed by atoms with Gasteiger partial charge in [-0.1, -0.05) is 35.3 Å². The monoisotopic (exact) mass is 285 g/mol. The van der Waals surface area contributed by atoms with Crippen LogP contribution in [0.25, 0.3) is 10.9 Å². The number of para-hydroxylation sites is 1. The van der Waals surface area contributed by atoms with E-state index in [-0.39, 0.29) is 5.78 Å². The number of halogens is 2. The highest BCUT2D eigenvalue weighted by Crippen LogP contribution is 2.34. The maximum absolute atomic E-state index is 11.7. The molecule has 1 aromatic carbocycles. The van der Waals surface area contributed by atoms with Gasteiger partial charge >= 0.3 is 0 Å². The van der Waals surface area contributed by atoms with Crippen LogP contribution in [0.4, 0.5) is 0 Å². The molecule has 0 saturated heterocycles. The van der Waals surface area contributed by atoms with E-state index < -0.39 is 0 Å². The van der Waals surface area contributed by atoms with E-state index in [1.54, 1.807) is 13.2 Å². The van der Waals surface area contributed by atoms with Gasteiger partial charge in [0, 0.05) is 19.0 Å². The van der Waals surface area contributed by atoms with Crippen molar-refractivity contribution in [3.63, 3.8) is 0 Å². The van der Waals surface area contributed by atoms with Crippen LogP contribution >= 0.6 is 23.2 Å². The summed E-state index contributed by atoms with van der Waals surface area (Å²) in [4.78, 5) is 11.7. The molecule has 0 amide bonds. The summed E-state index contributed by atoms with van der Waals surface area (Å²) in [5.41, 5.74) is 1.30. The van der Waals surface area contributed by atoms with E-state index in [1.165, 1.54) is 6.92 Å². The molecule has 0 unspecified atom stereocenters. The summed E-state index contributed by atoms with van der Waals surface area (Å²) in [6.07, 6.45) is 0. The third-order valence-corrected chi connectivity index (χ3v) is 3.54. The van der Waals surface area contributed by atoms with Gasteiger partial charge in [-0.2, -0.15) is 0 Å². The zero-order valence-corrected chi connectivity index (χ0v) is 11.7. The molecule has 0 aliphatic heterocycles. The summed E-state index contributed by atoms with van der Waals surface area (Å²) >= 11 is 12.5. The van der Waals surface area contributed by atoms with E-state index in [2.05, 4.69) is 0 Å². The van der Waals surface area contributed by atoms with E-state index in [9.17, 15) is 4.79 Å². The average Bonchev–Trinajstić information content (AvgIpc) is 2.60. The van der Waals surface area contributed by atoms with Crippen LogP contribution in [-0.4, -0.2) is 24.1 Å². The zero-order valence-electron chi connectivity index (χ0n) is 10.2. The van der Waals surface area contributed by atoms with E-state index in [4.69, 9.17) is 27.9 Å². The Bertz CT molecular complexity index is 605. The Labute approximate surface area is 115 Å². The maximum atomic E-state index is 11.7. The fourth-order valence-electron chi connectivity index (χ4n) is 2.06. The van der Waals surface area contributed by atoms with Gasteiger partial charge in [-0.15, -0.1) is 0 Å². The van der Waals surface area contributed by atoms with Crippen molar-refractivity contribution in [1.82, 2.24) is 4.57 Å². The molecular weight excluding hydrogens is 273 g/mol. The van der Waals surface area contributed by atoms with Crippen LogP contribution in [-0.2, 0) is 11.3 Å². The lowest BCUT2D eigenvalue weighted by Gasteiger charge is -2.07. The van der Waals surface area contributed by atoms with Gasteiger partial charge in [0.15, 0.2) is 5.78 Å². The molecule has 0 bridgehead atoms. The molecule has 0 aliphatic rings. The fourth-order valence-corrected chi connectivity index (χ4v) is 2.74. The molecule has 0 aliphatic carbocycles. The Kier molecular flexibility index (Phi) is 3.95. The number of ether oxygens (including phenoxy) is 1. The Morgan fingerprint density at radius 2 is 2.11 bits per heavy atom. The summed E-state index contributed by atoms with van der Waals surface area (Å²) in [5.74, 6) is -0.0663. The zero-order chi connectivity index (χ0) is 13.3. The third-order valence-electron chi connectivity index (χ3n) is 2.84. The summed E-state index contributed by atoms with van der Waals surface area (Å²) in [5, 5.41) is 1.79. The second kappa shape index (κ2) is 5.31. The number of aromatic nitrogens is 1. The van der Waals surface area contributed by atoms with Gasteiger partial charge in [0.25, 0.3) is 0 Å². The number of methoxy groups -OCH3 is 1. The van der Waals surface area contributed by atoms with Crippen molar-refractivity contribution in [3.8, 4) is 0 Å². The topological polar surface area (TPSA) is 31.2 Å². The van der Waals surface area contributed by atoms with Crippen LogP contribution in [0.3, 0.4) is 0 Å². The summed E-state index contributed by atoms with van der Waals surface area (Å²) in [6, 6.07) is 5.45. The highest BCUT2D eigenvalue weighted by atomic mass is 35.5. The van der Waals surface area contributed by atoms with Crippen molar-refractivity contribution < 1.29 is 9.53 Å². The van der Waals surface area contributed by atoms with Crippen molar-refractivity contribution in [2.45, 2.75) is 13.5 Å². The first-order valence-electron chi connectivity index (χ1n) is 5.54. The lowest BCUT2D eigenvalue weighted by molar-refractivity contribution is 0.101. The lowest BCUT2D eigenvalue weighted by Crippen LogP contribution is -2.04. The Hall–Kier alpha value is -1.03. The van der Waals surface area contributed by atoms with Gasteiger partial charge in [-0.25, -0.2) is 0 Å². The minimum Gasteiger partial charge on any atom is -0.383 e. The SMILES string of the molecule is COCCn1c(Cl)c(C(C)=O)c2cccc(Cl)c21. The number of Topliss-reactive ketones (excluding diaryl/α,β-unsaturated/α-hetero) is 1. The van der Waals surface area contributed by atoms with Gasteiger partial charge in [0.05, 0.1) is 22.7 Å². The molecule has 96 valence electrons. The number of hydrogen-bond acceptors (Lipinski definition) is 2. The highest BCUT2D eigenvalue weighted by Gasteiger charge is 2.20. The van der Waals surface area contributed by atoms with Gasteiger partial charge in [-0.3, -0.25) is 4.79 Å². The lowest BCUT2D eigenvalue weighted by atomic mass is 10.1. The molecule has 2 rings (SSSR count). The molecule has 0 fully saturated rings. The molecule has 1 aromatic heterocycles. The van der Waals surface area contributed by atoms with Crippen LogP contribution < -0.4 is 0 Å². The molecule has 0 saturated carbocycles. The molecule has 0 spiro atoms. The Morgan fingerprint density at radius 1 is 1.39 bits per heavy atom. The molecule has 1 heterocycles. The Balaban J connectivity index is 2.75. The normalized spacial score (nSPS) is 11.1. The molecule has 3 nitrogen and oxygen atoms in total. The average molecular weight is 286 g/mol. The van der Waals surface area contributed by atoms with Crippen LogP contribution in [0.15, 0.2) is 18.2 Å². The highest BCUT2D eigenvalue weighted by molar-refractivity contribution is 6.39. The Morgan fingerprint density at radius 3 is 2.72 bits per heavy atom. The van der Waals surface area contributed by atoms with E-state index in [1.807, 2.05) is 16.7 Å². The number of carbonyl (C=O) groups excluding carboxylic acids is 1. The molecule has 0 atom stereocenters. The third kappa shape index (κ3) is 2.14. The fraction of sp³-hybridized carbons (Fsp3) is 0.308. The number of benzene rings is 1. The van der Waals surface area contributed by atoms with Crippen LogP contribution in [0.1, 0.15) is 17.3 Å². The minimum atomic E-state index is -0.0663. The largest absolute Gasteiger partial charge is 0.383 e. The van der Waals surface area contributed by atoms with Crippen molar-refractivity contribution >= 4 is 39.9 Å². The molecule has 5 heteroatoms. The predicted octanol–water partition coefficient (Wildman–Crippen LogP) is 3.80. The number of fused-ring (bicyclic) bond motifs is 1. The number of rotatable bonds is 4. The number of hydrogen-bond donors (Lipinski definition) is 0. The van der Waals surface area contributed by atoms with Crippen LogP contribution in [0.5, 0.6) is 0 Å². The van der Waals surface area contributed by atoms with Gasteiger partial charge in [0.1, 0.15) is 5.15 Å². The first kappa shape index (κ1) is 13.4. The second-order valence-electron chi connectivity index (χ2n) is 4.00. The van der Waals surface area contributed by atoms with Crippen molar-refractivity contribution in [3.05, 3.63) is 33.9 Å². The first-order valence-corrected chi connectivity index (χ1v) is 6.29. The standard InChI is InChI=1S/C13H13Cl2NO2/c1-8(17)11-9-4-3-5-10(14)12(9)16(13(11)15)6-7-18-2/h3-5H,6-7H2,1-2H3. The first-order chi connectivity index (χ1) is 8.57.